The number of nitro groups is 1. The lowest BCUT2D eigenvalue weighted by Crippen LogP contribution is -2.42. The topological polar surface area (TPSA) is 113 Å². The highest BCUT2D eigenvalue weighted by Crippen LogP contribution is 2.20. The number of nitrogens with one attached hydrogen (secondary N) is 1. The second kappa shape index (κ2) is 7.36. The summed E-state index contributed by atoms with van der Waals surface area (Å²) in [6.07, 6.45) is -1.13. The molecule has 0 unspecified atom stereocenters. The number of nitro benzene ring substituents is 1. The van der Waals surface area contributed by atoms with Gasteiger partial charge in [0.25, 0.3) is 5.69 Å². The van der Waals surface area contributed by atoms with Gasteiger partial charge in [-0.3, -0.25) is 14.9 Å². The lowest BCUT2D eigenvalue weighted by atomic mass is 10.0. The van der Waals surface area contributed by atoms with Gasteiger partial charge in [-0.05, 0) is 17.7 Å². The van der Waals surface area contributed by atoms with E-state index in [0.717, 1.165) is 0 Å². The number of non-ortho nitro benzene ring substituents is 1. The Bertz CT molecular complexity index is 451. The van der Waals surface area contributed by atoms with Gasteiger partial charge < -0.3 is 15.5 Å². The first kappa shape index (κ1) is 15.8. The molecule has 104 valence electrons. The number of benzene rings is 1. The van der Waals surface area contributed by atoms with Crippen molar-refractivity contribution in [2.45, 2.75) is 12.1 Å². The maximum atomic E-state index is 11.2. The molecule has 0 aliphatic heterocycles. The monoisotopic (exact) mass is 380 g/mol. The van der Waals surface area contributed by atoms with E-state index in [9.17, 15) is 20.0 Å². The molecular formula is C11H13IN2O5. The van der Waals surface area contributed by atoms with Crippen LogP contribution in [0.4, 0.5) is 5.69 Å². The smallest absolute Gasteiger partial charge is 0.269 e. The van der Waals surface area contributed by atoms with Gasteiger partial charge in [0, 0.05) is 12.1 Å². The molecule has 0 bridgehead atoms. The summed E-state index contributed by atoms with van der Waals surface area (Å²) in [5.41, 5.74) is 0.297. The standard InChI is InChI=1S/C11H13IN2O5/c12-5-10(16)13-9(6-15)11(17)7-1-3-8(4-2-7)14(18)19/h1-4,9,11,15,17H,5-6H2,(H,13,16)/t9-,11+/m1/s1. The fourth-order valence-electron chi connectivity index (χ4n) is 1.50. The van der Waals surface area contributed by atoms with Crippen LogP contribution in [0.3, 0.4) is 0 Å². The first-order chi connectivity index (χ1) is 8.99. The van der Waals surface area contributed by atoms with Crippen molar-refractivity contribution in [1.29, 1.82) is 0 Å². The highest BCUT2D eigenvalue weighted by molar-refractivity contribution is 14.1. The molecule has 1 rings (SSSR count). The summed E-state index contributed by atoms with van der Waals surface area (Å²) in [7, 11) is 0. The maximum Gasteiger partial charge on any atom is 0.269 e. The van der Waals surface area contributed by atoms with E-state index in [1.165, 1.54) is 24.3 Å². The van der Waals surface area contributed by atoms with Crippen molar-refractivity contribution in [2.75, 3.05) is 11.0 Å². The van der Waals surface area contributed by atoms with Gasteiger partial charge >= 0.3 is 0 Å². The van der Waals surface area contributed by atoms with Crippen molar-refractivity contribution in [1.82, 2.24) is 5.32 Å². The quantitative estimate of drug-likeness (QED) is 0.289. The van der Waals surface area contributed by atoms with Crippen LogP contribution in [0.5, 0.6) is 0 Å². The average molecular weight is 380 g/mol. The molecule has 7 nitrogen and oxygen atoms in total. The van der Waals surface area contributed by atoms with E-state index in [-0.39, 0.29) is 16.0 Å². The zero-order chi connectivity index (χ0) is 14.4. The minimum atomic E-state index is -1.13. The Morgan fingerprint density at radius 1 is 1.42 bits per heavy atom. The molecule has 2 atom stereocenters. The van der Waals surface area contributed by atoms with Crippen LogP contribution in [-0.2, 0) is 4.79 Å². The first-order valence-corrected chi connectivity index (χ1v) is 6.90. The number of alkyl halides is 1. The van der Waals surface area contributed by atoms with Gasteiger partial charge in [0.05, 0.1) is 22.0 Å². The minimum absolute atomic E-state index is 0.0900. The number of carbonyl (C=O) groups is 1. The van der Waals surface area contributed by atoms with Crippen molar-refractivity contribution in [3.8, 4) is 0 Å². The van der Waals surface area contributed by atoms with E-state index in [0.29, 0.717) is 5.56 Å². The molecule has 0 aliphatic carbocycles. The predicted molar refractivity (Wildman–Crippen MR) is 76.0 cm³/mol. The number of hydrogen-bond donors (Lipinski definition) is 3. The molecule has 0 spiro atoms. The van der Waals surface area contributed by atoms with E-state index >= 15 is 0 Å². The van der Waals surface area contributed by atoms with Gasteiger partial charge in [0.15, 0.2) is 0 Å². The molecule has 0 heterocycles. The summed E-state index contributed by atoms with van der Waals surface area (Å²) in [6.45, 7) is -0.430. The fraction of sp³-hybridized carbons (Fsp3) is 0.364. The van der Waals surface area contributed by atoms with E-state index in [1.54, 1.807) is 0 Å². The Labute approximate surface area is 122 Å². The lowest BCUT2D eigenvalue weighted by molar-refractivity contribution is -0.384. The van der Waals surface area contributed by atoms with E-state index < -0.39 is 23.7 Å². The Hall–Kier alpha value is -1.26. The third-order valence-electron chi connectivity index (χ3n) is 2.49. The number of hydrogen-bond acceptors (Lipinski definition) is 5. The van der Waals surface area contributed by atoms with Crippen molar-refractivity contribution >= 4 is 34.2 Å². The molecule has 0 aromatic heterocycles. The van der Waals surface area contributed by atoms with Gasteiger partial charge in [-0.25, -0.2) is 0 Å². The number of aliphatic hydroxyl groups excluding tert-OH is 2. The molecule has 8 heteroatoms. The lowest BCUT2D eigenvalue weighted by Gasteiger charge is -2.22. The van der Waals surface area contributed by atoms with Crippen LogP contribution >= 0.6 is 22.6 Å². The second-order valence-corrected chi connectivity index (χ2v) is 4.55. The number of rotatable bonds is 6. The van der Waals surface area contributed by atoms with Gasteiger partial charge in [-0.2, -0.15) is 0 Å². The van der Waals surface area contributed by atoms with E-state index in [4.69, 9.17) is 5.11 Å². The molecule has 1 aromatic carbocycles. The normalized spacial score (nSPS) is 13.6. The zero-order valence-corrected chi connectivity index (χ0v) is 12.0. The van der Waals surface area contributed by atoms with Gasteiger partial charge in [-0.15, -0.1) is 0 Å². The molecule has 1 aromatic rings. The number of carbonyl (C=O) groups excluding carboxylic acids is 1. The summed E-state index contributed by atoms with van der Waals surface area (Å²) >= 11 is 1.86. The summed E-state index contributed by atoms with van der Waals surface area (Å²) in [5, 5.41) is 32.1. The third kappa shape index (κ3) is 4.40. The number of amides is 1. The van der Waals surface area contributed by atoms with E-state index in [2.05, 4.69) is 5.32 Å². The van der Waals surface area contributed by atoms with Crippen LogP contribution in [0.2, 0.25) is 0 Å². The van der Waals surface area contributed by atoms with E-state index in [1.807, 2.05) is 22.6 Å². The van der Waals surface area contributed by atoms with Crippen LogP contribution in [0.25, 0.3) is 0 Å². The van der Waals surface area contributed by atoms with Crippen LogP contribution in [0.15, 0.2) is 24.3 Å². The number of aliphatic hydroxyl groups is 2. The van der Waals surface area contributed by atoms with Gasteiger partial charge in [0.2, 0.25) is 5.91 Å². The molecule has 0 saturated heterocycles. The first-order valence-electron chi connectivity index (χ1n) is 5.38. The second-order valence-electron chi connectivity index (χ2n) is 3.78. The van der Waals surface area contributed by atoms with Crippen LogP contribution in [0.1, 0.15) is 11.7 Å². The zero-order valence-electron chi connectivity index (χ0n) is 9.82. The van der Waals surface area contributed by atoms with Crippen LogP contribution in [-0.4, -0.2) is 38.1 Å². The van der Waals surface area contributed by atoms with Gasteiger partial charge in [0.1, 0.15) is 6.10 Å². The molecule has 1 amide bonds. The maximum absolute atomic E-state index is 11.2. The van der Waals surface area contributed by atoms with Crippen molar-refractivity contribution in [3.05, 3.63) is 39.9 Å². The predicted octanol–water partition coefficient (Wildman–Crippen LogP) is 0.540. The van der Waals surface area contributed by atoms with Crippen LogP contribution in [0, 0.1) is 10.1 Å². The van der Waals surface area contributed by atoms with Crippen molar-refractivity contribution in [2.24, 2.45) is 0 Å². The Balaban J connectivity index is 2.81. The minimum Gasteiger partial charge on any atom is -0.394 e. The highest BCUT2D eigenvalue weighted by atomic mass is 127. The Kier molecular flexibility index (Phi) is 6.12. The number of nitrogens with zero attached hydrogens (tertiary/aromatic N) is 1. The molecule has 3 N–H and O–H groups in total. The largest absolute Gasteiger partial charge is 0.394 e. The average Bonchev–Trinajstić information content (AvgIpc) is 2.43. The molecular weight excluding hydrogens is 367 g/mol. The van der Waals surface area contributed by atoms with Crippen LogP contribution < -0.4 is 5.32 Å². The summed E-state index contributed by atoms with van der Waals surface area (Å²) in [5.74, 6) is -0.305. The van der Waals surface area contributed by atoms with Gasteiger partial charge in [-0.1, -0.05) is 22.6 Å². The third-order valence-corrected chi connectivity index (χ3v) is 3.18. The summed E-state index contributed by atoms with van der Waals surface area (Å²) in [4.78, 5) is 21.2. The van der Waals surface area contributed by atoms with Crippen molar-refractivity contribution in [3.63, 3.8) is 0 Å². The fourth-order valence-corrected chi connectivity index (χ4v) is 1.72. The molecule has 19 heavy (non-hydrogen) atoms. The highest BCUT2D eigenvalue weighted by Gasteiger charge is 2.22. The summed E-state index contributed by atoms with van der Waals surface area (Å²) < 4.78 is 0.210. The molecule has 0 saturated carbocycles. The molecule has 0 radical (unpaired) electrons. The molecule has 0 fully saturated rings. The number of halogens is 1. The molecule has 0 aliphatic rings. The summed E-state index contributed by atoms with van der Waals surface area (Å²) in [6, 6.07) is 4.45. The SMILES string of the molecule is O=C(CI)N[C@H](CO)[C@@H](O)c1ccc([N+](=O)[O-])cc1. The van der Waals surface area contributed by atoms with Crippen molar-refractivity contribution < 1.29 is 19.9 Å². The Morgan fingerprint density at radius 3 is 2.42 bits per heavy atom. The Morgan fingerprint density at radius 2 is 2.00 bits per heavy atom.